The molecular weight excluding hydrogens is 425 g/mol. The van der Waals surface area contributed by atoms with E-state index < -0.39 is 6.04 Å². The molecule has 0 aromatic heterocycles. The first-order chi connectivity index (χ1) is 14.5. The Balaban J connectivity index is 1.41. The van der Waals surface area contributed by atoms with Gasteiger partial charge in [-0.25, -0.2) is 4.90 Å². The van der Waals surface area contributed by atoms with Gasteiger partial charge in [0.1, 0.15) is 5.75 Å². The zero-order chi connectivity index (χ0) is 21.3. The second kappa shape index (κ2) is 8.84. The highest BCUT2D eigenvalue weighted by molar-refractivity contribution is 6.42. The fraction of sp³-hybridized carbons (Fsp3) is 0.364. The van der Waals surface area contributed by atoms with Crippen molar-refractivity contribution < 1.29 is 14.3 Å². The summed E-state index contributed by atoms with van der Waals surface area (Å²) in [6, 6.07) is 12.3. The Morgan fingerprint density at radius 1 is 0.933 bits per heavy atom. The van der Waals surface area contributed by atoms with E-state index in [1.165, 1.54) is 4.90 Å². The van der Waals surface area contributed by atoms with Gasteiger partial charge in [-0.1, -0.05) is 23.2 Å². The van der Waals surface area contributed by atoms with Crippen molar-refractivity contribution in [3.8, 4) is 5.75 Å². The van der Waals surface area contributed by atoms with E-state index in [2.05, 4.69) is 9.80 Å². The molecule has 4 rings (SSSR count). The minimum absolute atomic E-state index is 0.160. The fourth-order valence-electron chi connectivity index (χ4n) is 4.00. The Hall–Kier alpha value is -2.28. The third-order valence-electron chi connectivity index (χ3n) is 5.55. The van der Waals surface area contributed by atoms with Gasteiger partial charge in [0.15, 0.2) is 0 Å². The van der Waals surface area contributed by atoms with E-state index in [9.17, 15) is 9.59 Å². The number of benzene rings is 2. The third-order valence-corrected chi connectivity index (χ3v) is 6.29. The summed E-state index contributed by atoms with van der Waals surface area (Å²) in [5.41, 5.74) is 1.60. The SMILES string of the molecule is CCOc1ccc(N2C(=O)C[C@H](N3CCN(c4ccc(Cl)c(Cl)c4)CC3)C2=O)cc1. The molecule has 1 atom stereocenters. The summed E-state index contributed by atoms with van der Waals surface area (Å²) >= 11 is 12.1. The molecule has 0 aliphatic carbocycles. The molecule has 0 spiro atoms. The van der Waals surface area contributed by atoms with E-state index in [0.29, 0.717) is 35.4 Å². The summed E-state index contributed by atoms with van der Waals surface area (Å²) < 4.78 is 5.44. The van der Waals surface area contributed by atoms with Crippen molar-refractivity contribution in [3.05, 3.63) is 52.5 Å². The molecular formula is C22H23Cl2N3O3. The Bertz CT molecular complexity index is 943. The number of hydrogen-bond donors (Lipinski definition) is 0. The number of rotatable bonds is 5. The number of amides is 2. The number of carbonyl (C=O) groups is 2. The first-order valence-electron chi connectivity index (χ1n) is 10.0. The first kappa shape index (κ1) is 21.0. The molecule has 30 heavy (non-hydrogen) atoms. The smallest absolute Gasteiger partial charge is 0.251 e. The first-order valence-corrected chi connectivity index (χ1v) is 10.8. The van der Waals surface area contributed by atoms with Crippen molar-refractivity contribution in [1.82, 2.24) is 4.90 Å². The van der Waals surface area contributed by atoms with Crippen LogP contribution in [0.5, 0.6) is 5.75 Å². The van der Waals surface area contributed by atoms with Crippen LogP contribution in [0.2, 0.25) is 10.0 Å². The van der Waals surface area contributed by atoms with Crippen LogP contribution in [0, 0.1) is 0 Å². The van der Waals surface area contributed by atoms with Gasteiger partial charge in [-0.05, 0) is 49.4 Å². The molecule has 2 fully saturated rings. The molecule has 2 amide bonds. The topological polar surface area (TPSA) is 53.1 Å². The standard InChI is InChI=1S/C22H23Cl2N3O3/c1-2-30-17-6-3-15(4-7-17)27-21(28)14-20(22(27)29)26-11-9-25(10-12-26)16-5-8-18(23)19(24)13-16/h3-8,13,20H,2,9-12,14H2,1H3/t20-/m0/s1. The van der Waals surface area contributed by atoms with Crippen molar-refractivity contribution in [2.75, 3.05) is 42.6 Å². The van der Waals surface area contributed by atoms with E-state index in [1.54, 1.807) is 30.3 Å². The van der Waals surface area contributed by atoms with Crippen molar-refractivity contribution in [2.24, 2.45) is 0 Å². The van der Waals surface area contributed by atoms with Crippen molar-refractivity contribution in [2.45, 2.75) is 19.4 Å². The van der Waals surface area contributed by atoms with E-state index >= 15 is 0 Å². The highest BCUT2D eigenvalue weighted by Gasteiger charge is 2.43. The molecule has 0 bridgehead atoms. The van der Waals surface area contributed by atoms with Gasteiger partial charge < -0.3 is 9.64 Å². The third kappa shape index (κ3) is 4.13. The second-order valence-corrected chi connectivity index (χ2v) is 8.15. The number of halogens is 2. The highest BCUT2D eigenvalue weighted by Crippen LogP contribution is 2.30. The average Bonchev–Trinajstić information content (AvgIpc) is 3.05. The van der Waals surface area contributed by atoms with Crippen LogP contribution in [0.1, 0.15) is 13.3 Å². The maximum Gasteiger partial charge on any atom is 0.251 e. The molecule has 2 aliphatic rings. The molecule has 6 nitrogen and oxygen atoms in total. The predicted molar refractivity (Wildman–Crippen MR) is 119 cm³/mol. The predicted octanol–water partition coefficient (Wildman–Crippen LogP) is 3.85. The summed E-state index contributed by atoms with van der Waals surface area (Å²) in [4.78, 5) is 31.3. The summed E-state index contributed by atoms with van der Waals surface area (Å²) in [6.07, 6.45) is 0.207. The molecule has 2 heterocycles. The van der Waals surface area contributed by atoms with Crippen molar-refractivity contribution >= 4 is 46.4 Å². The Morgan fingerprint density at radius 3 is 2.23 bits per heavy atom. The molecule has 0 N–H and O–H groups in total. The van der Waals surface area contributed by atoms with Crippen LogP contribution >= 0.6 is 23.2 Å². The molecule has 0 radical (unpaired) electrons. The quantitative estimate of drug-likeness (QED) is 0.651. The normalized spacial score (nSPS) is 20.2. The van der Waals surface area contributed by atoms with Crippen LogP contribution in [0.4, 0.5) is 11.4 Å². The summed E-state index contributed by atoms with van der Waals surface area (Å²) in [5.74, 6) is 0.392. The number of nitrogens with zero attached hydrogens (tertiary/aromatic N) is 3. The maximum absolute atomic E-state index is 13.0. The Morgan fingerprint density at radius 2 is 1.60 bits per heavy atom. The van der Waals surface area contributed by atoms with E-state index in [0.717, 1.165) is 24.5 Å². The lowest BCUT2D eigenvalue weighted by Gasteiger charge is -2.38. The zero-order valence-electron chi connectivity index (χ0n) is 16.7. The van der Waals surface area contributed by atoms with Crippen molar-refractivity contribution in [3.63, 3.8) is 0 Å². The van der Waals surface area contributed by atoms with Gasteiger partial charge in [0, 0.05) is 31.9 Å². The van der Waals surface area contributed by atoms with E-state index in [1.807, 2.05) is 19.1 Å². The molecule has 0 unspecified atom stereocenters. The molecule has 2 aliphatic heterocycles. The summed E-state index contributed by atoms with van der Waals surface area (Å²) in [5, 5.41) is 1.06. The van der Waals surface area contributed by atoms with Crippen molar-refractivity contribution in [1.29, 1.82) is 0 Å². The lowest BCUT2D eigenvalue weighted by atomic mass is 10.1. The van der Waals surface area contributed by atoms with Gasteiger partial charge >= 0.3 is 0 Å². The number of hydrogen-bond acceptors (Lipinski definition) is 5. The molecule has 158 valence electrons. The maximum atomic E-state index is 13.0. The van der Waals surface area contributed by atoms with Crippen LogP contribution in [-0.2, 0) is 9.59 Å². The number of imide groups is 1. The van der Waals surface area contributed by atoms with Crippen LogP contribution in [0.3, 0.4) is 0 Å². The van der Waals surface area contributed by atoms with Gasteiger partial charge in [-0.2, -0.15) is 0 Å². The van der Waals surface area contributed by atoms with Gasteiger partial charge in [0.05, 0.1) is 34.8 Å². The van der Waals surface area contributed by atoms with Crippen LogP contribution in [0.15, 0.2) is 42.5 Å². The highest BCUT2D eigenvalue weighted by atomic mass is 35.5. The number of piperazine rings is 1. The van der Waals surface area contributed by atoms with Crippen LogP contribution < -0.4 is 14.5 Å². The second-order valence-electron chi connectivity index (χ2n) is 7.34. The minimum Gasteiger partial charge on any atom is -0.494 e. The Labute approximate surface area is 185 Å². The number of carbonyl (C=O) groups excluding carboxylic acids is 2. The largest absolute Gasteiger partial charge is 0.494 e. The minimum atomic E-state index is -0.417. The summed E-state index contributed by atoms with van der Waals surface area (Å²) in [7, 11) is 0. The fourth-order valence-corrected chi connectivity index (χ4v) is 4.30. The Kier molecular flexibility index (Phi) is 6.18. The lowest BCUT2D eigenvalue weighted by molar-refractivity contribution is -0.123. The number of ether oxygens (including phenoxy) is 1. The monoisotopic (exact) mass is 447 g/mol. The number of anilines is 2. The molecule has 2 saturated heterocycles. The van der Waals surface area contributed by atoms with E-state index in [4.69, 9.17) is 27.9 Å². The average molecular weight is 448 g/mol. The van der Waals surface area contributed by atoms with E-state index in [-0.39, 0.29) is 18.2 Å². The molecule has 0 saturated carbocycles. The van der Waals surface area contributed by atoms with Crippen LogP contribution in [0.25, 0.3) is 0 Å². The van der Waals surface area contributed by atoms with Gasteiger partial charge in [0.2, 0.25) is 5.91 Å². The molecule has 2 aromatic rings. The van der Waals surface area contributed by atoms with Gasteiger partial charge in [-0.3, -0.25) is 14.5 Å². The van der Waals surface area contributed by atoms with Gasteiger partial charge in [0.25, 0.3) is 5.91 Å². The molecule has 8 heteroatoms. The zero-order valence-corrected chi connectivity index (χ0v) is 18.2. The lowest BCUT2D eigenvalue weighted by Crippen LogP contribution is -2.52. The van der Waals surface area contributed by atoms with Gasteiger partial charge in [-0.15, -0.1) is 0 Å². The summed E-state index contributed by atoms with van der Waals surface area (Å²) in [6.45, 7) is 5.37. The molecule has 2 aromatic carbocycles. The van der Waals surface area contributed by atoms with Crippen LogP contribution in [-0.4, -0.2) is 55.5 Å².